The Bertz CT molecular complexity index is 1090. The molecule has 1 aliphatic carbocycles. The molecular weight excluding hydrogens is 430 g/mol. The SMILES string of the molecule is C[C@@H]1O[C@H]2CC(=O)O[C@H]2C2=C1C(=O)c1c(O)ccc([C@@H]3C[C@H](N(C)C)[C@@H](O)[C@H](C)O3)c1C2=O. The molecular formula is C24H27NO8. The van der Waals surface area contributed by atoms with E-state index < -0.39 is 54.2 Å². The third-order valence-corrected chi connectivity index (χ3v) is 7.20. The number of esters is 1. The van der Waals surface area contributed by atoms with Gasteiger partial charge in [-0.05, 0) is 46.0 Å². The summed E-state index contributed by atoms with van der Waals surface area (Å²) in [7, 11) is 3.72. The Morgan fingerprint density at radius 1 is 1.00 bits per heavy atom. The minimum Gasteiger partial charge on any atom is -0.507 e. The molecule has 3 aliphatic heterocycles. The van der Waals surface area contributed by atoms with E-state index in [0.717, 1.165) is 0 Å². The van der Waals surface area contributed by atoms with Gasteiger partial charge in [-0.25, -0.2) is 0 Å². The maximum atomic E-state index is 13.9. The average Bonchev–Trinajstić information content (AvgIpc) is 3.12. The van der Waals surface area contributed by atoms with Gasteiger partial charge < -0.3 is 29.3 Å². The maximum absolute atomic E-state index is 13.9. The largest absolute Gasteiger partial charge is 0.507 e. The van der Waals surface area contributed by atoms with Crippen molar-refractivity contribution < 1.29 is 38.8 Å². The Morgan fingerprint density at radius 2 is 1.70 bits per heavy atom. The Kier molecular flexibility index (Phi) is 5.20. The molecule has 0 unspecified atom stereocenters. The summed E-state index contributed by atoms with van der Waals surface area (Å²) in [6, 6.07) is 2.75. The third-order valence-electron chi connectivity index (χ3n) is 7.20. The molecule has 0 amide bonds. The first kappa shape index (κ1) is 22.2. The van der Waals surface area contributed by atoms with Crippen molar-refractivity contribution >= 4 is 17.5 Å². The zero-order valence-electron chi connectivity index (χ0n) is 18.9. The molecule has 5 rings (SSSR count). The number of hydrogen-bond acceptors (Lipinski definition) is 9. The number of likely N-dealkylation sites (N-methyl/N-ethyl adjacent to an activating group) is 1. The normalized spacial score (nSPS) is 35.9. The van der Waals surface area contributed by atoms with Crippen molar-refractivity contribution in [3.05, 3.63) is 40.0 Å². The lowest BCUT2D eigenvalue weighted by Gasteiger charge is -2.42. The van der Waals surface area contributed by atoms with E-state index in [4.69, 9.17) is 14.2 Å². The minimum absolute atomic E-state index is 0.0126. The standard InChI is InChI=1S/C24H27NO8/c1-9-17-20(24-15(31-9)8-16(27)33-24)23(30)18-11(5-6-13(26)19(18)22(17)29)14-7-12(25(3)4)21(28)10(2)32-14/h5-6,9-10,12,14-15,21,24,26,28H,7-8H2,1-4H3/t9-,10-,12-,14-,15-,21-,24+/m0/s1. The van der Waals surface area contributed by atoms with Gasteiger partial charge in [0.2, 0.25) is 0 Å². The quantitative estimate of drug-likeness (QED) is 0.633. The van der Waals surface area contributed by atoms with Gasteiger partial charge in [0.25, 0.3) is 0 Å². The number of phenolic OH excluding ortho intramolecular Hbond substituents is 1. The highest BCUT2D eigenvalue weighted by Gasteiger charge is 2.52. The highest BCUT2D eigenvalue weighted by molar-refractivity contribution is 6.29. The van der Waals surface area contributed by atoms with Gasteiger partial charge in [0.1, 0.15) is 11.9 Å². The van der Waals surface area contributed by atoms with Crippen molar-refractivity contribution in [1.82, 2.24) is 4.90 Å². The summed E-state index contributed by atoms with van der Waals surface area (Å²) >= 11 is 0. The first-order valence-corrected chi connectivity index (χ1v) is 11.1. The molecule has 1 aromatic rings. The predicted molar refractivity (Wildman–Crippen MR) is 114 cm³/mol. The number of hydrogen-bond donors (Lipinski definition) is 2. The summed E-state index contributed by atoms with van der Waals surface area (Å²) < 4.78 is 17.3. The fourth-order valence-electron chi connectivity index (χ4n) is 5.57. The molecule has 2 N–H and O–H groups in total. The summed E-state index contributed by atoms with van der Waals surface area (Å²) in [5, 5.41) is 21.2. The average molecular weight is 457 g/mol. The topological polar surface area (TPSA) is 123 Å². The van der Waals surface area contributed by atoms with Gasteiger partial charge in [-0.1, -0.05) is 6.07 Å². The molecule has 9 heteroatoms. The number of carbonyl (C=O) groups is 3. The first-order valence-electron chi connectivity index (χ1n) is 11.1. The van der Waals surface area contributed by atoms with E-state index >= 15 is 0 Å². The molecule has 0 spiro atoms. The zero-order chi connectivity index (χ0) is 23.8. The minimum atomic E-state index is -0.953. The van der Waals surface area contributed by atoms with Crippen LogP contribution in [0.25, 0.3) is 0 Å². The highest BCUT2D eigenvalue weighted by Crippen LogP contribution is 2.46. The molecule has 3 heterocycles. The van der Waals surface area contributed by atoms with Crippen molar-refractivity contribution in [2.45, 2.75) is 69.4 Å². The number of fused-ring (bicyclic) bond motifs is 3. The lowest BCUT2D eigenvalue weighted by Crippen LogP contribution is -2.51. The number of benzene rings is 1. The van der Waals surface area contributed by atoms with Gasteiger partial charge in [0.05, 0.1) is 42.0 Å². The predicted octanol–water partition coefficient (Wildman–Crippen LogP) is 1.31. The number of nitrogens with zero attached hydrogens (tertiary/aromatic N) is 1. The van der Waals surface area contributed by atoms with E-state index in [1.165, 1.54) is 6.07 Å². The van der Waals surface area contributed by atoms with E-state index in [1.807, 2.05) is 19.0 Å². The monoisotopic (exact) mass is 457 g/mol. The second-order valence-corrected chi connectivity index (χ2v) is 9.43. The van der Waals surface area contributed by atoms with Crippen molar-refractivity contribution in [2.75, 3.05) is 14.1 Å². The Hall–Kier alpha value is -2.59. The van der Waals surface area contributed by atoms with Gasteiger partial charge in [0, 0.05) is 17.2 Å². The number of rotatable bonds is 2. The van der Waals surface area contributed by atoms with E-state index in [9.17, 15) is 24.6 Å². The van der Waals surface area contributed by atoms with Crippen molar-refractivity contribution in [2.24, 2.45) is 0 Å². The summed E-state index contributed by atoms with van der Waals surface area (Å²) in [6.07, 6.45) is -3.71. The summed E-state index contributed by atoms with van der Waals surface area (Å²) in [5.74, 6) is -1.76. The summed E-state index contributed by atoms with van der Waals surface area (Å²) in [6.45, 7) is 3.41. The van der Waals surface area contributed by atoms with E-state index in [-0.39, 0.29) is 40.5 Å². The van der Waals surface area contributed by atoms with Gasteiger partial charge >= 0.3 is 5.97 Å². The number of carbonyl (C=O) groups excluding carboxylic acids is 3. The van der Waals surface area contributed by atoms with Crippen molar-refractivity contribution in [1.29, 1.82) is 0 Å². The Balaban J connectivity index is 1.64. The summed E-state index contributed by atoms with van der Waals surface area (Å²) in [5.41, 5.74) is 0.703. The molecule has 33 heavy (non-hydrogen) atoms. The number of ketones is 2. The number of aliphatic hydroxyl groups is 1. The van der Waals surface area contributed by atoms with Crippen LogP contribution in [0.5, 0.6) is 5.75 Å². The number of aliphatic hydroxyl groups excluding tert-OH is 1. The third kappa shape index (κ3) is 3.25. The molecule has 7 atom stereocenters. The molecule has 176 valence electrons. The lowest BCUT2D eigenvalue weighted by atomic mass is 9.74. The number of phenols is 1. The molecule has 0 aromatic heterocycles. The Labute approximate surface area is 190 Å². The first-order chi connectivity index (χ1) is 15.6. The Morgan fingerprint density at radius 3 is 2.39 bits per heavy atom. The van der Waals surface area contributed by atoms with Crippen LogP contribution in [-0.2, 0) is 19.0 Å². The van der Waals surface area contributed by atoms with E-state index in [1.54, 1.807) is 19.9 Å². The molecule has 0 saturated carbocycles. The van der Waals surface area contributed by atoms with Crippen molar-refractivity contribution in [3.63, 3.8) is 0 Å². The van der Waals surface area contributed by atoms with E-state index in [0.29, 0.717) is 12.0 Å². The fraction of sp³-hybridized carbons (Fsp3) is 0.542. The molecule has 1 aromatic carbocycles. The van der Waals surface area contributed by atoms with Crippen LogP contribution in [0.3, 0.4) is 0 Å². The van der Waals surface area contributed by atoms with Crippen LogP contribution in [0.2, 0.25) is 0 Å². The molecule has 9 nitrogen and oxygen atoms in total. The van der Waals surface area contributed by atoms with Crippen LogP contribution in [0, 0.1) is 0 Å². The van der Waals surface area contributed by atoms with Crippen LogP contribution in [0.15, 0.2) is 23.3 Å². The zero-order valence-corrected chi connectivity index (χ0v) is 18.9. The van der Waals surface area contributed by atoms with Crippen molar-refractivity contribution in [3.8, 4) is 5.75 Å². The van der Waals surface area contributed by atoms with Crippen LogP contribution >= 0.6 is 0 Å². The smallest absolute Gasteiger partial charge is 0.309 e. The molecule has 0 radical (unpaired) electrons. The van der Waals surface area contributed by atoms with Crippen LogP contribution in [0.4, 0.5) is 0 Å². The maximum Gasteiger partial charge on any atom is 0.309 e. The summed E-state index contributed by atoms with van der Waals surface area (Å²) in [4.78, 5) is 41.3. The molecule has 2 saturated heterocycles. The number of Topliss-reactive ketones (excluding diaryl/α,β-unsaturated/α-hetero) is 2. The number of ether oxygens (including phenoxy) is 3. The van der Waals surface area contributed by atoms with Crippen LogP contribution < -0.4 is 0 Å². The van der Waals surface area contributed by atoms with Crippen LogP contribution in [-0.4, -0.2) is 83.3 Å². The van der Waals surface area contributed by atoms with E-state index in [2.05, 4.69) is 0 Å². The van der Waals surface area contributed by atoms with Gasteiger partial charge in [-0.3, -0.25) is 14.4 Å². The molecule has 2 fully saturated rings. The van der Waals surface area contributed by atoms with Crippen LogP contribution in [0.1, 0.15) is 59.1 Å². The second kappa shape index (κ2) is 7.73. The second-order valence-electron chi connectivity index (χ2n) is 9.43. The number of aromatic hydroxyl groups is 1. The fourth-order valence-corrected chi connectivity index (χ4v) is 5.57. The van der Waals surface area contributed by atoms with Gasteiger partial charge in [0.15, 0.2) is 17.7 Å². The molecule has 4 aliphatic rings. The van der Waals surface area contributed by atoms with Gasteiger partial charge in [-0.2, -0.15) is 0 Å². The molecule has 0 bridgehead atoms. The lowest BCUT2D eigenvalue weighted by molar-refractivity contribution is -0.142. The van der Waals surface area contributed by atoms with Gasteiger partial charge in [-0.15, -0.1) is 0 Å². The highest BCUT2D eigenvalue weighted by atomic mass is 16.6.